The van der Waals surface area contributed by atoms with E-state index in [4.69, 9.17) is 21.1 Å². The molecule has 3 rings (SSSR count). The van der Waals surface area contributed by atoms with Crippen LogP contribution >= 0.6 is 11.6 Å². The molecule has 0 spiro atoms. The summed E-state index contributed by atoms with van der Waals surface area (Å²) < 4.78 is 10.4. The SMILES string of the molecule is COc1ccc(NC(=O)COCC(=O)N2CCN(c3cccc(Cl)c3)CC2)cc1. The molecule has 8 heteroatoms. The van der Waals surface area contributed by atoms with Crippen LogP contribution in [0.2, 0.25) is 5.02 Å². The Morgan fingerprint density at radius 2 is 1.76 bits per heavy atom. The number of hydrogen-bond acceptors (Lipinski definition) is 5. The van der Waals surface area contributed by atoms with Crippen LogP contribution in [-0.4, -0.2) is 63.2 Å². The summed E-state index contributed by atoms with van der Waals surface area (Å²) >= 11 is 6.04. The molecule has 0 radical (unpaired) electrons. The minimum absolute atomic E-state index is 0.118. The first kappa shape index (κ1) is 21.0. The highest BCUT2D eigenvalue weighted by molar-refractivity contribution is 6.30. The first-order chi connectivity index (χ1) is 14.0. The van der Waals surface area contributed by atoms with Gasteiger partial charge in [0, 0.05) is 42.6 Å². The summed E-state index contributed by atoms with van der Waals surface area (Å²) in [5, 5.41) is 3.41. The number of methoxy groups -OCH3 is 1. The Bertz CT molecular complexity index is 836. The lowest BCUT2D eigenvalue weighted by atomic mass is 10.2. The van der Waals surface area contributed by atoms with Gasteiger partial charge in [-0.25, -0.2) is 0 Å². The van der Waals surface area contributed by atoms with Gasteiger partial charge >= 0.3 is 0 Å². The molecule has 2 aromatic carbocycles. The Morgan fingerprint density at radius 3 is 2.41 bits per heavy atom. The van der Waals surface area contributed by atoms with Gasteiger partial charge in [-0.3, -0.25) is 9.59 Å². The van der Waals surface area contributed by atoms with Crippen LogP contribution in [0.3, 0.4) is 0 Å². The van der Waals surface area contributed by atoms with Crippen LogP contribution in [0, 0.1) is 0 Å². The molecule has 1 aliphatic rings. The van der Waals surface area contributed by atoms with Crippen LogP contribution in [0.4, 0.5) is 11.4 Å². The topological polar surface area (TPSA) is 71.1 Å². The van der Waals surface area contributed by atoms with Gasteiger partial charge in [-0.1, -0.05) is 17.7 Å². The molecule has 0 bridgehead atoms. The molecule has 1 fully saturated rings. The number of rotatable bonds is 7. The lowest BCUT2D eigenvalue weighted by Gasteiger charge is -2.36. The molecule has 29 heavy (non-hydrogen) atoms. The number of carbonyl (C=O) groups excluding carboxylic acids is 2. The van der Waals surface area contributed by atoms with E-state index < -0.39 is 0 Å². The van der Waals surface area contributed by atoms with Crippen molar-refractivity contribution in [3.63, 3.8) is 0 Å². The van der Waals surface area contributed by atoms with Crippen molar-refractivity contribution in [3.05, 3.63) is 53.6 Å². The van der Waals surface area contributed by atoms with E-state index >= 15 is 0 Å². The van der Waals surface area contributed by atoms with Crippen molar-refractivity contribution in [3.8, 4) is 5.75 Å². The maximum Gasteiger partial charge on any atom is 0.250 e. The van der Waals surface area contributed by atoms with Crippen molar-refractivity contribution in [1.82, 2.24) is 4.90 Å². The fraction of sp³-hybridized carbons (Fsp3) is 0.333. The smallest absolute Gasteiger partial charge is 0.250 e. The van der Waals surface area contributed by atoms with E-state index in [0.29, 0.717) is 29.5 Å². The van der Waals surface area contributed by atoms with Crippen molar-refractivity contribution >= 4 is 34.8 Å². The van der Waals surface area contributed by atoms with E-state index in [1.165, 1.54) is 0 Å². The Labute approximate surface area is 175 Å². The molecule has 2 amide bonds. The average molecular weight is 418 g/mol. The number of nitrogens with one attached hydrogen (secondary N) is 1. The zero-order chi connectivity index (χ0) is 20.6. The van der Waals surface area contributed by atoms with E-state index in [1.807, 2.05) is 24.3 Å². The number of carbonyl (C=O) groups is 2. The Hall–Kier alpha value is -2.77. The molecule has 2 aromatic rings. The predicted octanol–water partition coefficient (Wildman–Crippen LogP) is 2.65. The van der Waals surface area contributed by atoms with Crippen molar-refractivity contribution in [2.45, 2.75) is 0 Å². The number of benzene rings is 2. The second kappa shape index (κ2) is 10.1. The number of hydrogen-bond donors (Lipinski definition) is 1. The van der Waals surface area contributed by atoms with Gasteiger partial charge in [0.25, 0.3) is 0 Å². The third kappa shape index (κ3) is 6.10. The van der Waals surface area contributed by atoms with Gasteiger partial charge in [-0.05, 0) is 42.5 Å². The van der Waals surface area contributed by atoms with Crippen LogP contribution in [0.15, 0.2) is 48.5 Å². The Morgan fingerprint density at radius 1 is 1.03 bits per heavy atom. The Kier molecular flexibility index (Phi) is 7.32. The van der Waals surface area contributed by atoms with Crippen LogP contribution in [0.25, 0.3) is 0 Å². The molecule has 1 heterocycles. The molecule has 0 aliphatic carbocycles. The number of ether oxygens (including phenoxy) is 2. The highest BCUT2D eigenvalue weighted by Crippen LogP contribution is 2.20. The average Bonchev–Trinajstić information content (AvgIpc) is 2.74. The van der Waals surface area contributed by atoms with E-state index in [2.05, 4.69) is 10.2 Å². The fourth-order valence-electron chi connectivity index (χ4n) is 3.08. The van der Waals surface area contributed by atoms with Crippen LogP contribution < -0.4 is 15.0 Å². The number of amides is 2. The molecule has 1 aliphatic heterocycles. The quantitative estimate of drug-likeness (QED) is 0.750. The van der Waals surface area contributed by atoms with Gasteiger partial charge < -0.3 is 24.6 Å². The first-order valence-corrected chi connectivity index (χ1v) is 9.73. The summed E-state index contributed by atoms with van der Waals surface area (Å²) in [6.07, 6.45) is 0. The molecule has 1 N–H and O–H groups in total. The van der Waals surface area contributed by atoms with Crippen molar-refractivity contribution in [2.24, 2.45) is 0 Å². The van der Waals surface area contributed by atoms with Gasteiger partial charge in [0.2, 0.25) is 11.8 Å². The standard InChI is InChI=1S/C21H24ClN3O4/c1-28-19-7-5-17(6-8-19)23-20(26)14-29-15-21(27)25-11-9-24(10-12-25)18-4-2-3-16(22)13-18/h2-8,13H,9-12,14-15H2,1H3,(H,23,26). The number of anilines is 2. The molecular formula is C21H24ClN3O4. The highest BCUT2D eigenvalue weighted by Gasteiger charge is 2.21. The van der Waals surface area contributed by atoms with Gasteiger partial charge in [0.15, 0.2) is 0 Å². The normalized spacial score (nSPS) is 13.9. The van der Waals surface area contributed by atoms with Crippen LogP contribution in [0.1, 0.15) is 0 Å². The van der Waals surface area contributed by atoms with Gasteiger partial charge in [-0.15, -0.1) is 0 Å². The van der Waals surface area contributed by atoms with Gasteiger partial charge in [0.05, 0.1) is 7.11 Å². The molecule has 0 atom stereocenters. The van der Waals surface area contributed by atoms with Gasteiger partial charge in [-0.2, -0.15) is 0 Å². The second-order valence-electron chi connectivity index (χ2n) is 6.62. The van der Waals surface area contributed by atoms with E-state index in [9.17, 15) is 9.59 Å². The number of halogens is 1. The molecule has 0 saturated carbocycles. The maximum atomic E-state index is 12.3. The van der Waals surface area contributed by atoms with Gasteiger partial charge in [0.1, 0.15) is 19.0 Å². The van der Waals surface area contributed by atoms with E-state index in [1.54, 1.807) is 36.3 Å². The molecular weight excluding hydrogens is 394 g/mol. The summed E-state index contributed by atoms with van der Waals surface area (Å²) in [4.78, 5) is 28.2. The summed E-state index contributed by atoms with van der Waals surface area (Å²) in [6.45, 7) is 2.36. The monoisotopic (exact) mass is 417 g/mol. The minimum Gasteiger partial charge on any atom is -0.497 e. The molecule has 0 aromatic heterocycles. The number of piperazine rings is 1. The lowest BCUT2D eigenvalue weighted by molar-refractivity contribution is -0.137. The first-order valence-electron chi connectivity index (χ1n) is 9.35. The zero-order valence-electron chi connectivity index (χ0n) is 16.3. The third-order valence-electron chi connectivity index (χ3n) is 4.64. The minimum atomic E-state index is -0.311. The van der Waals surface area contributed by atoms with E-state index in [-0.39, 0.29) is 25.0 Å². The lowest BCUT2D eigenvalue weighted by Crippen LogP contribution is -2.49. The molecule has 1 saturated heterocycles. The number of nitrogens with zero attached hydrogens (tertiary/aromatic N) is 2. The second-order valence-corrected chi connectivity index (χ2v) is 7.05. The van der Waals surface area contributed by atoms with Crippen molar-refractivity contribution < 1.29 is 19.1 Å². The summed E-state index contributed by atoms with van der Waals surface area (Å²) in [6, 6.07) is 14.7. The third-order valence-corrected chi connectivity index (χ3v) is 4.87. The van der Waals surface area contributed by atoms with Crippen LogP contribution in [-0.2, 0) is 14.3 Å². The largest absolute Gasteiger partial charge is 0.497 e. The zero-order valence-corrected chi connectivity index (χ0v) is 17.0. The maximum absolute atomic E-state index is 12.3. The van der Waals surface area contributed by atoms with Crippen molar-refractivity contribution in [1.29, 1.82) is 0 Å². The molecule has 0 unspecified atom stereocenters. The summed E-state index contributed by atoms with van der Waals surface area (Å²) in [5.41, 5.74) is 1.69. The van der Waals surface area contributed by atoms with Crippen LogP contribution in [0.5, 0.6) is 5.75 Å². The Balaban J connectivity index is 1.37. The molecule has 154 valence electrons. The molecule has 7 nitrogen and oxygen atoms in total. The summed E-state index contributed by atoms with van der Waals surface area (Å²) in [5.74, 6) is 0.280. The predicted molar refractivity (Wildman–Crippen MR) is 113 cm³/mol. The van der Waals surface area contributed by atoms with E-state index in [0.717, 1.165) is 18.8 Å². The fourth-order valence-corrected chi connectivity index (χ4v) is 3.27. The highest BCUT2D eigenvalue weighted by atomic mass is 35.5. The summed E-state index contributed by atoms with van der Waals surface area (Å²) in [7, 11) is 1.58. The van der Waals surface area contributed by atoms with Crippen molar-refractivity contribution in [2.75, 3.05) is 56.7 Å².